The summed E-state index contributed by atoms with van der Waals surface area (Å²) in [5.41, 5.74) is 0.814. The number of hydrogen-bond acceptors (Lipinski definition) is 5. The first-order chi connectivity index (χ1) is 8.53. The van der Waals surface area contributed by atoms with Crippen molar-refractivity contribution in [2.45, 2.75) is 17.4 Å². The summed E-state index contributed by atoms with van der Waals surface area (Å²) in [7, 11) is -1.93. The number of cyclic esters (lactones) is 1. The van der Waals surface area contributed by atoms with E-state index in [0.717, 1.165) is 5.69 Å². The Morgan fingerprint density at radius 3 is 2.44 bits per heavy atom. The minimum absolute atomic E-state index is 0.126. The number of carbonyl (C=O) groups excluding carboxylic acids is 1. The molecule has 0 spiro atoms. The molecule has 0 aliphatic carbocycles. The molecule has 7 heteroatoms. The molecule has 1 aromatic carbocycles. The first-order valence-corrected chi connectivity index (χ1v) is 6.98. The van der Waals surface area contributed by atoms with E-state index in [0.29, 0.717) is 6.42 Å². The molecule has 18 heavy (non-hydrogen) atoms. The van der Waals surface area contributed by atoms with Crippen LogP contribution in [0.4, 0.5) is 5.69 Å². The molecule has 1 aromatic rings. The van der Waals surface area contributed by atoms with Gasteiger partial charge >= 0.3 is 5.97 Å². The quantitative estimate of drug-likeness (QED) is 0.770. The zero-order chi connectivity index (χ0) is 13.2. The summed E-state index contributed by atoms with van der Waals surface area (Å²) in [6.45, 7) is 0.255. The van der Waals surface area contributed by atoms with Gasteiger partial charge in [0.05, 0.1) is 11.5 Å². The molecule has 0 bridgehead atoms. The summed E-state index contributed by atoms with van der Waals surface area (Å²) in [5.74, 6) is -0.523. The van der Waals surface area contributed by atoms with Crippen LogP contribution in [0.2, 0.25) is 0 Å². The molecule has 6 nitrogen and oxygen atoms in total. The van der Waals surface area contributed by atoms with E-state index in [4.69, 9.17) is 4.74 Å². The molecule has 1 atom stereocenters. The van der Waals surface area contributed by atoms with Crippen LogP contribution in [0.5, 0.6) is 0 Å². The van der Waals surface area contributed by atoms with Crippen LogP contribution in [0.1, 0.15) is 6.42 Å². The Kier molecular flexibility index (Phi) is 3.53. The third-order valence-corrected chi connectivity index (χ3v) is 4.17. The maximum atomic E-state index is 12.0. The number of carbonyl (C=O) groups is 1. The van der Waals surface area contributed by atoms with Crippen LogP contribution in [0.15, 0.2) is 29.2 Å². The predicted octanol–water partition coefficient (Wildman–Crippen LogP) is 0.322. The Morgan fingerprint density at radius 1 is 1.28 bits per heavy atom. The minimum atomic E-state index is -3.68. The smallest absolute Gasteiger partial charge is 0.324 e. The van der Waals surface area contributed by atoms with E-state index < -0.39 is 22.0 Å². The summed E-state index contributed by atoms with van der Waals surface area (Å²) in [5, 5.41) is 2.90. The zero-order valence-electron chi connectivity index (χ0n) is 9.84. The molecule has 2 rings (SSSR count). The van der Waals surface area contributed by atoms with Crippen LogP contribution in [0.3, 0.4) is 0 Å². The lowest BCUT2D eigenvalue weighted by molar-refractivity contribution is -0.139. The lowest BCUT2D eigenvalue weighted by Gasteiger charge is -2.10. The Bertz CT molecular complexity index is 539. The molecule has 0 amide bonds. The predicted molar refractivity (Wildman–Crippen MR) is 65.7 cm³/mol. The Hall–Kier alpha value is -1.60. The first-order valence-electron chi connectivity index (χ1n) is 5.50. The van der Waals surface area contributed by atoms with Crippen molar-refractivity contribution in [2.24, 2.45) is 0 Å². The van der Waals surface area contributed by atoms with Crippen LogP contribution >= 0.6 is 0 Å². The third kappa shape index (κ3) is 2.62. The molecule has 1 heterocycles. The number of rotatable bonds is 4. The average Bonchev–Trinajstić information content (AvgIpc) is 2.74. The lowest BCUT2D eigenvalue weighted by Crippen LogP contribution is -2.37. The molecular weight excluding hydrogens is 256 g/mol. The number of esters is 1. The number of anilines is 1. The van der Waals surface area contributed by atoms with Crippen LogP contribution < -0.4 is 10.0 Å². The Labute approximate surface area is 105 Å². The summed E-state index contributed by atoms with van der Waals surface area (Å²) in [6.07, 6.45) is 0.368. The van der Waals surface area contributed by atoms with E-state index in [1.165, 1.54) is 12.1 Å². The largest absolute Gasteiger partial charge is 0.464 e. The van der Waals surface area contributed by atoms with Gasteiger partial charge in [-0.25, -0.2) is 8.42 Å². The summed E-state index contributed by atoms with van der Waals surface area (Å²) in [6, 6.07) is 5.49. The highest BCUT2D eigenvalue weighted by Gasteiger charge is 2.31. The second-order valence-corrected chi connectivity index (χ2v) is 5.62. The standard InChI is InChI=1S/C11H14N2O4S/c1-12-8-2-4-9(5-3-8)18(15,16)13-10-6-7-17-11(10)14/h2-5,10,12-13H,6-7H2,1H3. The maximum absolute atomic E-state index is 12.0. The fourth-order valence-corrected chi connectivity index (χ4v) is 2.88. The number of hydrogen-bond donors (Lipinski definition) is 2. The highest BCUT2D eigenvalue weighted by Crippen LogP contribution is 2.15. The van der Waals surface area contributed by atoms with Gasteiger partial charge in [-0.15, -0.1) is 0 Å². The molecule has 0 aromatic heterocycles. The second kappa shape index (κ2) is 4.95. The van der Waals surface area contributed by atoms with Gasteiger partial charge in [0.25, 0.3) is 0 Å². The number of ether oxygens (including phenoxy) is 1. The molecule has 1 aliphatic heterocycles. The first kappa shape index (κ1) is 12.8. The highest BCUT2D eigenvalue weighted by atomic mass is 32.2. The molecule has 0 saturated carbocycles. The van der Waals surface area contributed by atoms with Crippen molar-refractivity contribution in [1.29, 1.82) is 0 Å². The van der Waals surface area contributed by atoms with Crippen molar-refractivity contribution in [2.75, 3.05) is 19.0 Å². The SMILES string of the molecule is CNc1ccc(S(=O)(=O)NC2CCOC2=O)cc1. The normalized spacial score (nSPS) is 19.6. The van der Waals surface area contributed by atoms with Crippen molar-refractivity contribution in [1.82, 2.24) is 4.72 Å². The van der Waals surface area contributed by atoms with Gasteiger partial charge in [0, 0.05) is 19.2 Å². The summed E-state index contributed by atoms with van der Waals surface area (Å²) < 4.78 is 31.0. The molecule has 2 N–H and O–H groups in total. The fraction of sp³-hybridized carbons (Fsp3) is 0.364. The molecular formula is C11H14N2O4S. The zero-order valence-corrected chi connectivity index (χ0v) is 10.7. The topological polar surface area (TPSA) is 84.5 Å². The van der Waals surface area contributed by atoms with E-state index in [9.17, 15) is 13.2 Å². The van der Waals surface area contributed by atoms with E-state index in [1.807, 2.05) is 0 Å². The van der Waals surface area contributed by atoms with Crippen molar-refractivity contribution in [3.63, 3.8) is 0 Å². The molecule has 1 unspecified atom stereocenters. The van der Waals surface area contributed by atoms with Crippen LogP contribution in [-0.4, -0.2) is 34.1 Å². The molecule has 1 aliphatic rings. The van der Waals surface area contributed by atoms with Crippen molar-refractivity contribution < 1.29 is 17.9 Å². The summed E-state index contributed by atoms with van der Waals surface area (Å²) in [4.78, 5) is 11.4. The third-order valence-electron chi connectivity index (χ3n) is 2.69. The molecule has 1 fully saturated rings. The van der Waals surface area contributed by atoms with Crippen LogP contribution in [0.25, 0.3) is 0 Å². The van der Waals surface area contributed by atoms with Gasteiger partial charge < -0.3 is 10.1 Å². The van der Waals surface area contributed by atoms with Gasteiger partial charge in [-0.3, -0.25) is 4.79 Å². The number of nitrogens with one attached hydrogen (secondary N) is 2. The van der Waals surface area contributed by atoms with Crippen LogP contribution in [-0.2, 0) is 19.6 Å². The van der Waals surface area contributed by atoms with E-state index in [-0.39, 0.29) is 11.5 Å². The molecule has 1 saturated heterocycles. The van der Waals surface area contributed by atoms with Gasteiger partial charge in [0.1, 0.15) is 6.04 Å². The number of benzene rings is 1. The fourth-order valence-electron chi connectivity index (χ4n) is 1.66. The van der Waals surface area contributed by atoms with E-state index >= 15 is 0 Å². The monoisotopic (exact) mass is 270 g/mol. The van der Waals surface area contributed by atoms with Crippen molar-refractivity contribution in [3.05, 3.63) is 24.3 Å². The van der Waals surface area contributed by atoms with E-state index in [1.54, 1.807) is 19.2 Å². The summed E-state index contributed by atoms with van der Waals surface area (Å²) >= 11 is 0. The van der Waals surface area contributed by atoms with Gasteiger partial charge in [-0.2, -0.15) is 4.72 Å². The van der Waals surface area contributed by atoms with Crippen molar-refractivity contribution >= 4 is 21.7 Å². The maximum Gasteiger partial charge on any atom is 0.324 e. The van der Waals surface area contributed by atoms with Gasteiger partial charge in [0.15, 0.2) is 0 Å². The van der Waals surface area contributed by atoms with Crippen molar-refractivity contribution in [3.8, 4) is 0 Å². The second-order valence-electron chi connectivity index (χ2n) is 3.90. The minimum Gasteiger partial charge on any atom is -0.464 e. The molecule has 98 valence electrons. The highest BCUT2D eigenvalue weighted by molar-refractivity contribution is 7.89. The number of sulfonamides is 1. The lowest BCUT2D eigenvalue weighted by atomic mass is 10.3. The van der Waals surface area contributed by atoms with Gasteiger partial charge in [0.2, 0.25) is 10.0 Å². The molecule has 0 radical (unpaired) electrons. The van der Waals surface area contributed by atoms with Gasteiger partial charge in [-0.1, -0.05) is 0 Å². The van der Waals surface area contributed by atoms with E-state index in [2.05, 4.69) is 10.0 Å². The Balaban J connectivity index is 2.16. The Morgan fingerprint density at radius 2 is 1.94 bits per heavy atom. The van der Waals surface area contributed by atoms with Crippen LogP contribution in [0, 0.1) is 0 Å². The average molecular weight is 270 g/mol. The van der Waals surface area contributed by atoms with Gasteiger partial charge in [-0.05, 0) is 24.3 Å².